The average molecular weight is 428 g/mol. The number of halogens is 1. The van der Waals surface area contributed by atoms with Gasteiger partial charge in [-0.1, -0.05) is 29.4 Å². The Morgan fingerprint density at radius 1 is 1.52 bits per heavy atom. The molecule has 10 heteroatoms. The van der Waals surface area contributed by atoms with E-state index in [1.165, 1.54) is 29.1 Å². The van der Waals surface area contributed by atoms with Crippen molar-refractivity contribution in [1.29, 1.82) is 0 Å². The molecule has 3 rings (SSSR count). The summed E-state index contributed by atoms with van der Waals surface area (Å²) >= 11 is 7.50. The molecule has 0 bridgehead atoms. The molecule has 0 radical (unpaired) electrons. The smallest absolute Gasteiger partial charge is 0.274 e. The molecule has 1 aliphatic heterocycles. The maximum Gasteiger partial charge on any atom is 0.274 e. The van der Waals surface area contributed by atoms with Gasteiger partial charge in [0, 0.05) is 11.8 Å². The van der Waals surface area contributed by atoms with Gasteiger partial charge in [0.25, 0.3) is 5.91 Å². The molecule has 1 saturated heterocycles. The van der Waals surface area contributed by atoms with Crippen LogP contribution < -0.4 is 0 Å². The second kappa shape index (κ2) is 8.45. The molecule has 1 amide bonds. The van der Waals surface area contributed by atoms with Crippen molar-refractivity contribution in [3.63, 3.8) is 0 Å². The number of amides is 1. The van der Waals surface area contributed by atoms with Gasteiger partial charge in [-0.25, -0.2) is 18.4 Å². The van der Waals surface area contributed by atoms with Crippen molar-refractivity contribution in [1.82, 2.24) is 14.9 Å². The van der Waals surface area contributed by atoms with Gasteiger partial charge in [-0.05, 0) is 18.6 Å². The standard InChI is InChI=1S/C17H18ClN3O4S2/c1-2-7-26-17-19-9-14(18)15(20-17)16(22)21(10-13-4-3-6-25-13)12-5-8-27(23,24)11-12/h2-4,6,9,12H,1,5,7-8,10-11H2. The molecule has 0 saturated carbocycles. The van der Waals surface area contributed by atoms with Crippen LogP contribution in [0.15, 0.2) is 46.8 Å². The van der Waals surface area contributed by atoms with E-state index in [2.05, 4.69) is 16.5 Å². The van der Waals surface area contributed by atoms with Gasteiger partial charge in [-0.15, -0.1) is 6.58 Å². The summed E-state index contributed by atoms with van der Waals surface area (Å²) in [6.45, 7) is 3.78. The highest BCUT2D eigenvalue weighted by molar-refractivity contribution is 7.99. The average Bonchev–Trinajstić information content (AvgIpc) is 3.27. The fourth-order valence-electron chi connectivity index (χ4n) is 2.80. The van der Waals surface area contributed by atoms with E-state index < -0.39 is 21.8 Å². The molecule has 0 N–H and O–H groups in total. The predicted octanol–water partition coefficient (Wildman–Crippen LogP) is 2.83. The highest BCUT2D eigenvalue weighted by Gasteiger charge is 2.36. The van der Waals surface area contributed by atoms with Crippen molar-refractivity contribution < 1.29 is 17.6 Å². The van der Waals surface area contributed by atoms with E-state index >= 15 is 0 Å². The number of hydrogen-bond donors (Lipinski definition) is 0. The molecular formula is C17H18ClN3O4S2. The fourth-order valence-corrected chi connectivity index (χ4v) is 5.25. The highest BCUT2D eigenvalue weighted by atomic mass is 35.5. The number of sulfone groups is 1. The van der Waals surface area contributed by atoms with Crippen LogP contribution in [0.2, 0.25) is 5.02 Å². The predicted molar refractivity (Wildman–Crippen MR) is 104 cm³/mol. The molecule has 7 nitrogen and oxygen atoms in total. The van der Waals surface area contributed by atoms with E-state index in [1.54, 1.807) is 18.2 Å². The molecule has 0 spiro atoms. The number of hydrogen-bond acceptors (Lipinski definition) is 7. The number of aromatic nitrogens is 2. The lowest BCUT2D eigenvalue weighted by Crippen LogP contribution is -2.41. The third-order valence-corrected chi connectivity index (χ3v) is 6.96. The van der Waals surface area contributed by atoms with Crippen LogP contribution in [0.1, 0.15) is 22.7 Å². The zero-order valence-electron chi connectivity index (χ0n) is 14.4. The summed E-state index contributed by atoms with van der Waals surface area (Å²) in [5, 5.41) is 0.521. The van der Waals surface area contributed by atoms with Crippen molar-refractivity contribution in [3.8, 4) is 0 Å². The van der Waals surface area contributed by atoms with Crippen LogP contribution in [-0.4, -0.2) is 52.5 Å². The Morgan fingerprint density at radius 2 is 2.33 bits per heavy atom. The number of rotatable bonds is 7. The van der Waals surface area contributed by atoms with Crippen molar-refractivity contribution in [2.45, 2.75) is 24.2 Å². The maximum absolute atomic E-state index is 13.2. The molecule has 1 atom stereocenters. The first-order valence-electron chi connectivity index (χ1n) is 8.19. The zero-order chi connectivity index (χ0) is 19.4. The highest BCUT2D eigenvalue weighted by Crippen LogP contribution is 2.25. The fraction of sp³-hybridized carbons (Fsp3) is 0.353. The molecule has 2 aromatic rings. The second-order valence-corrected chi connectivity index (χ2v) is 9.64. The Bertz CT molecular complexity index is 932. The van der Waals surface area contributed by atoms with E-state index in [-0.39, 0.29) is 28.8 Å². The van der Waals surface area contributed by atoms with Crippen molar-refractivity contribution in [2.75, 3.05) is 17.3 Å². The van der Waals surface area contributed by atoms with Gasteiger partial charge in [0.05, 0.1) is 35.5 Å². The monoisotopic (exact) mass is 427 g/mol. The molecule has 1 aliphatic rings. The third-order valence-electron chi connectivity index (χ3n) is 4.07. The van der Waals surface area contributed by atoms with E-state index in [9.17, 15) is 13.2 Å². The quantitative estimate of drug-likeness (QED) is 0.381. The molecule has 3 heterocycles. The lowest BCUT2D eigenvalue weighted by molar-refractivity contribution is 0.0659. The van der Waals surface area contributed by atoms with E-state index in [4.69, 9.17) is 16.0 Å². The molecule has 1 fully saturated rings. The molecule has 27 heavy (non-hydrogen) atoms. The van der Waals surface area contributed by atoms with Crippen molar-refractivity contribution in [3.05, 3.63) is 53.7 Å². The number of nitrogens with zero attached hydrogens (tertiary/aromatic N) is 3. The second-order valence-electron chi connectivity index (χ2n) is 6.02. The van der Waals surface area contributed by atoms with Gasteiger partial charge < -0.3 is 9.32 Å². The first-order chi connectivity index (χ1) is 12.9. The maximum atomic E-state index is 13.2. The summed E-state index contributed by atoms with van der Waals surface area (Å²) in [5.74, 6) is 0.671. The SMILES string of the molecule is C=CCSc1ncc(Cl)c(C(=O)N(Cc2ccco2)C2CCS(=O)(=O)C2)n1. The van der Waals surface area contributed by atoms with Gasteiger partial charge in [-0.3, -0.25) is 4.79 Å². The molecule has 2 aromatic heterocycles. The van der Waals surface area contributed by atoms with Crippen LogP contribution >= 0.6 is 23.4 Å². The number of carbonyl (C=O) groups is 1. The lowest BCUT2D eigenvalue weighted by atomic mass is 10.2. The summed E-state index contributed by atoms with van der Waals surface area (Å²) in [4.78, 5) is 23.0. The minimum absolute atomic E-state index is 0.0501. The summed E-state index contributed by atoms with van der Waals surface area (Å²) in [7, 11) is -3.17. The Hall–Kier alpha value is -1.84. The van der Waals surface area contributed by atoms with Crippen LogP contribution in [0.4, 0.5) is 0 Å². The van der Waals surface area contributed by atoms with Gasteiger partial charge in [0.15, 0.2) is 20.7 Å². The first-order valence-corrected chi connectivity index (χ1v) is 11.4. The normalized spacial score (nSPS) is 18.3. The van der Waals surface area contributed by atoms with Crippen molar-refractivity contribution >= 4 is 39.1 Å². The summed E-state index contributed by atoms with van der Waals surface area (Å²) in [6.07, 6.45) is 4.96. The van der Waals surface area contributed by atoms with Crippen LogP contribution in [0.25, 0.3) is 0 Å². The van der Waals surface area contributed by atoms with Crippen LogP contribution in [0.3, 0.4) is 0 Å². The van der Waals surface area contributed by atoms with E-state index in [0.717, 1.165) is 0 Å². The molecular weight excluding hydrogens is 410 g/mol. The summed E-state index contributed by atoms with van der Waals surface area (Å²) < 4.78 is 29.2. The Balaban J connectivity index is 1.91. The van der Waals surface area contributed by atoms with Gasteiger partial charge in [0.1, 0.15) is 5.76 Å². The largest absolute Gasteiger partial charge is 0.467 e. The molecule has 0 aromatic carbocycles. The van der Waals surface area contributed by atoms with Crippen LogP contribution in [0, 0.1) is 0 Å². The van der Waals surface area contributed by atoms with Gasteiger partial charge in [-0.2, -0.15) is 0 Å². The first kappa shape index (κ1) is 19.9. The molecule has 144 valence electrons. The minimum Gasteiger partial charge on any atom is -0.467 e. The number of carbonyl (C=O) groups excluding carboxylic acids is 1. The number of thioether (sulfide) groups is 1. The van der Waals surface area contributed by atoms with Crippen LogP contribution in [0.5, 0.6) is 0 Å². The summed E-state index contributed by atoms with van der Waals surface area (Å²) in [5.41, 5.74) is 0.0501. The van der Waals surface area contributed by atoms with Crippen molar-refractivity contribution in [2.24, 2.45) is 0 Å². The Morgan fingerprint density at radius 3 is 2.96 bits per heavy atom. The van der Waals surface area contributed by atoms with Crippen LogP contribution in [-0.2, 0) is 16.4 Å². The topological polar surface area (TPSA) is 93.4 Å². The summed E-state index contributed by atoms with van der Waals surface area (Å²) in [6, 6.07) is 2.99. The lowest BCUT2D eigenvalue weighted by Gasteiger charge is -2.27. The van der Waals surface area contributed by atoms with Gasteiger partial charge >= 0.3 is 0 Å². The molecule has 1 unspecified atom stereocenters. The Labute approximate surface area is 166 Å². The Kier molecular flexibility index (Phi) is 6.23. The number of furan rings is 1. The van der Waals surface area contributed by atoms with E-state index in [1.807, 2.05) is 0 Å². The zero-order valence-corrected chi connectivity index (χ0v) is 16.8. The molecule has 0 aliphatic carbocycles. The van der Waals surface area contributed by atoms with Gasteiger partial charge in [0.2, 0.25) is 0 Å². The van der Waals surface area contributed by atoms with E-state index in [0.29, 0.717) is 23.1 Å². The third kappa shape index (κ3) is 4.91. The minimum atomic E-state index is -3.17.